The van der Waals surface area contributed by atoms with E-state index >= 15 is 0 Å². The smallest absolute Gasteiger partial charge is 0.123 e. The van der Waals surface area contributed by atoms with Crippen LogP contribution in [-0.2, 0) is 10.2 Å². The Kier molecular flexibility index (Phi) is 6.71. The molecular formula is C19H32NO2+. The van der Waals surface area contributed by atoms with Crippen molar-refractivity contribution in [1.29, 1.82) is 0 Å². The van der Waals surface area contributed by atoms with Crippen molar-refractivity contribution in [3.63, 3.8) is 0 Å². The van der Waals surface area contributed by atoms with E-state index in [2.05, 4.69) is 50.4 Å². The molecule has 1 aromatic rings. The average molecular weight is 306 g/mol. The molecule has 1 aromatic carbocycles. The predicted octanol–water partition coefficient (Wildman–Crippen LogP) is 2.89. The maximum Gasteiger partial charge on any atom is 0.123 e. The van der Waals surface area contributed by atoms with Gasteiger partial charge in [-0.25, -0.2) is 0 Å². The van der Waals surface area contributed by atoms with E-state index in [1.54, 1.807) is 0 Å². The lowest BCUT2D eigenvalue weighted by molar-refractivity contribution is -0.661. The predicted molar refractivity (Wildman–Crippen MR) is 90.5 cm³/mol. The third kappa shape index (κ3) is 5.62. The number of hydrogen-bond donors (Lipinski definition) is 1. The van der Waals surface area contributed by atoms with Crippen LogP contribution in [0.2, 0.25) is 0 Å². The number of ether oxygens (including phenoxy) is 2. The molecule has 1 saturated heterocycles. The number of rotatable bonds is 8. The summed E-state index contributed by atoms with van der Waals surface area (Å²) in [6, 6.07) is 8.41. The quantitative estimate of drug-likeness (QED) is 0.750. The second-order valence-electron chi connectivity index (χ2n) is 7.25. The van der Waals surface area contributed by atoms with E-state index in [1.807, 2.05) is 0 Å². The molecule has 3 heteroatoms. The van der Waals surface area contributed by atoms with Crippen LogP contribution in [0.1, 0.15) is 52.0 Å². The monoisotopic (exact) mass is 306 g/mol. The van der Waals surface area contributed by atoms with E-state index < -0.39 is 0 Å². The van der Waals surface area contributed by atoms with Gasteiger partial charge in [-0.2, -0.15) is 0 Å². The van der Waals surface area contributed by atoms with Gasteiger partial charge in [0.25, 0.3) is 0 Å². The molecule has 1 atom stereocenters. The van der Waals surface area contributed by atoms with Crippen LogP contribution in [0, 0.1) is 0 Å². The highest BCUT2D eigenvalue weighted by Gasteiger charge is 2.18. The zero-order valence-electron chi connectivity index (χ0n) is 14.4. The van der Waals surface area contributed by atoms with Crippen molar-refractivity contribution in [2.45, 2.75) is 58.0 Å². The van der Waals surface area contributed by atoms with Crippen LogP contribution in [0.25, 0.3) is 0 Å². The van der Waals surface area contributed by atoms with E-state index in [4.69, 9.17) is 9.47 Å². The van der Waals surface area contributed by atoms with E-state index in [0.29, 0.717) is 6.10 Å². The van der Waals surface area contributed by atoms with Gasteiger partial charge in [0.2, 0.25) is 0 Å². The second-order valence-corrected chi connectivity index (χ2v) is 7.25. The number of benzene rings is 1. The summed E-state index contributed by atoms with van der Waals surface area (Å²) in [5, 5.41) is 2.39. The van der Waals surface area contributed by atoms with E-state index in [1.165, 1.54) is 31.4 Å². The molecule has 1 heterocycles. The van der Waals surface area contributed by atoms with Crippen molar-refractivity contribution in [2.75, 3.05) is 26.3 Å². The molecule has 0 radical (unpaired) electrons. The fourth-order valence-corrected chi connectivity index (χ4v) is 2.92. The molecule has 0 amide bonds. The summed E-state index contributed by atoms with van der Waals surface area (Å²) in [5.41, 5.74) is 1.42. The minimum absolute atomic E-state index is 0.131. The van der Waals surface area contributed by atoms with Crippen LogP contribution in [0.3, 0.4) is 0 Å². The van der Waals surface area contributed by atoms with Crippen molar-refractivity contribution in [3.05, 3.63) is 29.8 Å². The summed E-state index contributed by atoms with van der Waals surface area (Å²) in [5.74, 6) is 1.04. The number of quaternary nitrogens is 1. The van der Waals surface area contributed by atoms with Crippen LogP contribution in [-0.4, -0.2) is 32.4 Å². The van der Waals surface area contributed by atoms with Gasteiger partial charge in [0.05, 0.1) is 13.2 Å². The third-order valence-corrected chi connectivity index (χ3v) is 4.21. The minimum atomic E-state index is 0.131. The van der Waals surface area contributed by atoms with Crippen LogP contribution in [0.5, 0.6) is 5.75 Å². The Labute approximate surface area is 135 Å². The zero-order chi connectivity index (χ0) is 15.8. The molecule has 1 fully saturated rings. The first kappa shape index (κ1) is 17.3. The number of nitrogens with two attached hydrogens (primary N) is 1. The molecule has 0 bridgehead atoms. The third-order valence-electron chi connectivity index (χ3n) is 4.21. The number of para-hydroxylation sites is 1. The van der Waals surface area contributed by atoms with Gasteiger partial charge in [0.15, 0.2) is 0 Å². The van der Waals surface area contributed by atoms with Crippen molar-refractivity contribution in [3.8, 4) is 5.75 Å². The lowest BCUT2D eigenvalue weighted by Gasteiger charge is -2.22. The van der Waals surface area contributed by atoms with Crippen molar-refractivity contribution in [2.24, 2.45) is 0 Å². The maximum atomic E-state index is 6.01. The SMILES string of the molecule is CC(C)(C)c1ccccc1OCCCC[NH2+]C[C@@H]1CCCO1. The first-order chi connectivity index (χ1) is 10.6. The lowest BCUT2D eigenvalue weighted by atomic mass is 9.86. The highest BCUT2D eigenvalue weighted by Crippen LogP contribution is 2.30. The van der Waals surface area contributed by atoms with E-state index in [9.17, 15) is 0 Å². The van der Waals surface area contributed by atoms with Gasteiger partial charge in [-0.05, 0) is 42.7 Å². The van der Waals surface area contributed by atoms with Gasteiger partial charge < -0.3 is 14.8 Å². The molecule has 0 saturated carbocycles. The number of unbranched alkanes of at least 4 members (excludes halogenated alkanes) is 1. The van der Waals surface area contributed by atoms with E-state index in [0.717, 1.165) is 31.9 Å². The van der Waals surface area contributed by atoms with Crippen molar-refractivity contribution in [1.82, 2.24) is 0 Å². The van der Waals surface area contributed by atoms with Crippen LogP contribution in [0.15, 0.2) is 24.3 Å². The Morgan fingerprint density at radius 3 is 2.77 bits per heavy atom. The minimum Gasteiger partial charge on any atom is -0.493 e. The van der Waals surface area contributed by atoms with Gasteiger partial charge in [0, 0.05) is 6.61 Å². The average Bonchev–Trinajstić information content (AvgIpc) is 2.99. The largest absolute Gasteiger partial charge is 0.493 e. The van der Waals surface area contributed by atoms with E-state index in [-0.39, 0.29) is 5.41 Å². The molecule has 1 aliphatic heterocycles. The van der Waals surface area contributed by atoms with Gasteiger partial charge in [-0.15, -0.1) is 0 Å². The van der Waals surface area contributed by atoms with Gasteiger partial charge in [-0.3, -0.25) is 0 Å². The Morgan fingerprint density at radius 2 is 2.05 bits per heavy atom. The molecule has 0 aromatic heterocycles. The fraction of sp³-hybridized carbons (Fsp3) is 0.684. The molecular weight excluding hydrogens is 274 g/mol. The highest BCUT2D eigenvalue weighted by molar-refractivity contribution is 5.38. The highest BCUT2D eigenvalue weighted by atomic mass is 16.5. The molecule has 0 unspecified atom stereocenters. The van der Waals surface area contributed by atoms with Crippen LogP contribution < -0.4 is 10.1 Å². The summed E-state index contributed by atoms with van der Waals surface area (Å²) in [4.78, 5) is 0. The van der Waals surface area contributed by atoms with Crippen LogP contribution in [0.4, 0.5) is 0 Å². The summed E-state index contributed by atoms with van der Waals surface area (Å²) < 4.78 is 11.6. The summed E-state index contributed by atoms with van der Waals surface area (Å²) in [6.07, 6.45) is 5.28. The molecule has 0 aliphatic carbocycles. The van der Waals surface area contributed by atoms with Crippen LogP contribution >= 0.6 is 0 Å². The van der Waals surface area contributed by atoms with Gasteiger partial charge in [-0.1, -0.05) is 39.0 Å². The molecule has 124 valence electrons. The topological polar surface area (TPSA) is 35.1 Å². The molecule has 0 spiro atoms. The maximum absolute atomic E-state index is 6.01. The van der Waals surface area contributed by atoms with Crippen molar-refractivity contribution >= 4 is 0 Å². The fourth-order valence-electron chi connectivity index (χ4n) is 2.92. The first-order valence-corrected chi connectivity index (χ1v) is 8.73. The van der Waals surface area contributed by atoms with Crippen molar-refractivity contribution < 1.29 is 14.8 Å². The molecule has 2 rings (SSSR count). The summed E-state index contributed by atoms with van der Waals surface area (Å²) in [6.45, 7) is 10.7. The molecule has 2 N–H and O–H groups in total. The first-order valence-electron chi connectivity index (χ1n) is 8.73. The molecule has 3 nitrogen and oxygen atoms in total. The Hall–Kier alpha value is -1.06. The summed E-state index contributed by atoms with van der Waals surface area (Å²) in [7, 11) is 0. The second kappa shape index (κ2) is 8.54. The lowest BCUT2D eigenvalue weighted by Crippen LogP contribution is -2.86. The standard InChI is InChI=1S/C19H31NO2/c1-19(2,3)17-10-4-5-11-18(17)22-13-7-6-12-20-15-16-9-8-14-21-16/h4-5,10-11,16,20H,6-9,12-15H2,1-3H3/p+1/t16-/m0/s1. The zero-order valence-corrected chi connectivity index (χ0v) is 14.4. The molecule has 1 aliphatic rings. The number of hydrogen-bond acceptors (Lipinski definition) is 2. The Morgan fingerprint density at radius 1 is 1.23 bits per heavy atom. The Bertz CT molecular complexity index is 433. The normalized spacial score (nSPS) is 18.6. The molecule has 22 heavy (non-hydrogen) atoms. The van der Waals surface area contributed by atoms with Gasteiger partial charge >= 0.3 is 0 Å². The Balaban J connectivity index is 1.60. The summed E-state index contributed by atoms with van der Waals surface area (Å²) >= 11 is 0. The van der Waals surface area contributed by atoms with Gasteiger partial charge in [0.1, 0.15) is 18.4 Å².